The van der Waals surface area contributed by atoms with Crippen LogP contribution in [-0.4, -0.2) is 0 Å². The molecular formula is C12H7F2O. The van der Waals surface area contributed by atoms with Crippen LogP contribution in [0.5, 0.6) is 11.5 Å². The number of benzene rings is 2. The summed E-state index contributed by atoms with van der Waals surface area (Å²) in [5, 5.41) is 0. The normalized spacial score (nSPS) is 10.0. The summed E-state index contributed by atoms with van der Waals surface area (Å²) in [6, 6.07) is 12.4. The minimum atomic E-state index is -0.544. The molecule has 0 aromatic heterocycles. The Hall–Kier alpha value is -1.90. The average Bonchev–Trinajstić information content (AvgIpc) is 2.24. The van der Waals surface area contributed by atoms with E-state index in [2.05, 4.69) is 6.07 Å². The van der Waals surface area contributed by atoms with E-state index in [1.165, 1.54) is 36.4 Å². The molecule has 0 atom stereocenters. The van der Waals surface area contributed by atoms with Gasteiger partial charge < -0.3 is 4.74 Å². The Morgan fingerprint density at radius 3 is 2.40 bits per heavy atom. The highest BCUT2D eigenvalue weighted by molar-refractivity contribution is 5.32. The van der Waals surface area contributed by atoms with Crippen molar-refractivity contribution in [2.45, 2.75) is 0 Å². The van der Waals surface area contributed by atoms with Crippen molar-refractivity contribution in [3.05, 3.63) is 60.2 Å². The lowest BCUT2D eigenvalue weighted by Gasteiger charge is -2.06. The first-order valence-corrected chi connectivity index (χ1v) is 4.35. The van der Waals surface area contributed by atoms with E-state index in [0.717, 1.165) is 0 Å². The van der Waals surface area contributed by atoms with Gasteiger partial charge in [-0.2, -0.15) is 0 Å². The van der Waals surface area contributed by atoms with Gasteiger partial charge in [-0.25, -0.2) is 8.78 Å². The van der Waals surface area contributed by atoms with Crippen LogP contribution < -0.4 is 4.74 Å². The molecule has 0 saturated heterocycles. The van der Waals surface area contributed by atoms with Crippen LogP contribution in [0.15, 0.2) is 42.5 Å². The number of hydrogen-bond donors (Lipinski definition) is 0. The average molecular weight is 205 g/mol. The Kier molecular flexibility index (Phi) is 2.63. The maximum atomic E-state index is 13.1. The van der Waals surface area contributed by atoms with Gasteiger partial charge in [0.1, 0.15) is 0 Å². The summed E-state index contributed by atoms with van der Waals surface area (Å²) in [6.07, 6.45) is 0. The summed E-state index contributed by atoms with van der Waals surface area (Å²) in [5.74, 6) is -1.11. The Morgan fingerprint density at radius 1 is 0.933 bits per heavy atom. The smallest absolute Gasteiger partial charge is 0.165 e. The van der Waals surface area contributed by atoms with Gasteiger partial charge in [0.25, 0.3) is 0 Å². The summed E-state index contributed by atoms with van der Waals surface area (Å²) in [4.78, 5) is 0. The molecule has 0 aliphatic carbocycles. The second kappa shape index (κ2) is 4.09. The lowest BCUT2D eigenvalue weighted by atomic mass is 10.3. The van der Waals surface area contributed by atoms with Gasteiger partial charge >= 0.3 is 0 Å². The van der Waals surface area contributed by atoms with Gasteiger partial charge in [-0.05, 0) is 30.3 Å². The van der Waals surface area contributed by atoms with E-state index in [9.17, 15) is 8.78 Å². The van der Waals surface area contributed by atoms with Gasteiger partial charge in [0.05, 0.1) is 0 Å². The van der Waals surface area contributed by atoms with Crippen LogP contribution in [0, 0.1) is 17.7 Å². The van der Waals surface area contributed by atoms with E-state index in [4.69, 9.17) is 4.74 Å². The van der Waals surface area contributed by atoms with Crippen molar-refractivity contribution in [3.8, 4) is 11.5 Å². The summed E-state index contributed by atoms with van der Waals surface area (Å²) < 4.78 is 31.3. The molecule has 2 rings (SSSR count). The molecule has 1 nitrogen and oxygen atoms in total. The van der Waals surface area contributed by atoms with Crippen molar-refractivity contribution < 1.29 is 13.5 Å². The lowest BCUT2D eigenvalue weighted by molar-refractivity contribution is 0.414. The molecule has 0 unspecified atom stereocenters. The number of rotatable bonds is 2. The minimum absolute atomic E-state index is 0.00370. The molecule has 15 heavy (non-hydrogen) atoms. The fraction of sp³-hybridized carbons (Fsp3) is 0. The molecule has 2 aromatic carbocycles. The number of halogens is 2. The van der Waals surface area contributed by atoms with Crippen LogP contribution in [-0.2, 0) is 0 Å². The van der Waals surface area contributed by atoms with Crippen LogP contribution >= 0.6 is 0 Å². The summed E-state index contributed by atoms with van der Waals surface area (Å²) in [7, 11) is 0. The Balaban J connectivity index is 2.30. The van der Waals surface area contributed by atoms with Crippen LogP contribution in [0.2, 0.25) is 0 Å². The van der Waals surface area contributed by atoms with E-state index in [-0.39, 0.29) is 11.5 Å². The predicted molar refractivity (Wildman–Crippen MR) is 51.7 cm³/mol. The molecule has 0 N–H and O–H groups in total. The molecular weight excluding hydrogens is 198 g/mol. The van der Waals surface area contributed by atoms with Crippen molar-refractivity contribution in [1.29, 1.82) is 0 Å². The van der Waals surface area contributed by atoms with Crippen molar-refractivity contribution in [2.24, 2.45) is 0 Å². The first-order chi connectivity index (χ1) is 7.27. The molecule has 0 amide bonds. The van der Waals surface area contributed by atoms with Gasteiger partial charge in [-0.1, -0.05) is 18.2 Å². The summed E-state index contributed by atoms with van der Waals surface area (Å²) >= 11 is 0. The van der Waals surface area contributed by atoms with Crippen molar-refractivity contribution in [3.63, 3.8) is 0 Å². The van der Waals surface area contributed by atoms with Gasteiger partial charge in [-0.3, -0.25) is 0 Å². The first kappa shape index (κ1) is 9.65. The maximum absolute atomic E-state index is 13.1. The predicted octanol–water partition coefficient (Wildman–Crippen LogP) is 3.56. The van der Waals surface area contributed by atoms with Crippen molar-refractivity contribution in [1.82, 2.24) is 0 Å². The number of hydrogen-bond acceptors (Lipinski definition) is 1. The van der Waals surface area contributed by atoms with Gasteiger partial charge in [0, 0.05) is 0 Å². The Labute approximate surface area is 85.9 Å². The maximum Gasteiger partial charge on any atom is 0.165 e. The zero-order valence-electron chi connectivity index (χ0n) is 7.71. The SMILES string of the molecule is Fc1cc[c]cc1Oc1ccccc1F. The van der Waals surface area contributed by atoms with Crippen molar-refractivity contribution >= 4 is 0 Å². The fourth-order valence-electron chi connectivity index (χ4n) is 1.12. The molecule has 3 heteroatoms. The highest BCUT2D eigenvalue weighted by atomic mass is 19.1. The molecule has 0 spiro atoms. The second-order valence-electron chi connectivity index (χ2n) is 2.89. The standard InChI is InChI=1S/C12H7F2O/c13-9-5-1-3-7-11(9)15-12-8-4-2-6-10(12)14/h1-3,5-8H. The minimum Gasteiger partial charge on any atom is -0.451 e. The van der Waals surface area contributed by atoms with E-state index in [1.54, 1.807) is 6.07 Å². The molecule has 1 radical (unpaired) electrons. The number of ether oxygens (including phenoxy) is 1. The zero-order chi connectivity index (χ0) is 10.7. The van der Waals surface area contributed by atoms with E-state index >= 15 is 0 Å². The van der Waals surface area contributed by atoms with Crippen LogP contribution in [0.1, 0.15) is 0 Å². The first-order valence-electron chi connectivity index (χ1n) is 4.35. The molecule has 75 valence electrons. The van der Waals surface area contributed by atoms with Crippen LogP contribution in [0.4, 0.5) is 8.78 Å². The van der Waals surface area contributed by atoms with Crippen LogP contribution in [0.25, 0.3) is 0 Å². The van der Waals surface area contributed by atoms with Crippen LogP contribution in [0.3, 0.4) is 0 Å². The third kappa shape index (κ3) is 2.13. The van der Waals surface area contributed by atoms with E-state index < -0.39 is 11.6 Å². The summed E-state index contributed by atoms with van der Waals surface area (Å²) in [6.45, 7) is 0. The highest BCUT2D eigenvalue weighted by Crippen LogP contribution is 2.25. The molecule has 0 saturated carbocycles. The van der Waals surface area contributed by atoms with Gasteiger partial charge in [0.15, 0.2) is 23.1 Å². The highest BCUT2D eigenvalue weighted by Gasteiger charge is 2.06. The van der Waals surface area contributed by atoms with Crippen molar-refractivity contribution in [2.75, 3.05) is 0 Å². The Morgan fingerprint density at radius 2 is 1.67 bits per heavy atom. The molecule has 0 fully saturated rings. The summed E-state index contributed by atoms with van der Waals surface area (Å²) in [5.41, 5.74) is 0. The largest absolute Gasteiger partial charge is 0.451 e. The zero-order valence-corrected chi connectivity index (χ0v) is 7.71. The Bertz CT molecular complexity index is 425. The monoisotopic (exact) mass is 205 g/mol. The molecule has 0 aliphatic rings. The molecule has 0 bridgehead atoms. The molecule has 0 heterocycles. The van der Waals surface area contributed by atoms with E-state index in [1.807, 2.05) is 0 Å². The second-order valence-corrected chi connectivity index (χ2v) is 2.89. The quantitative estimate of drug-likeness (QED) is 0.728. The van der Waals surface area contributed by atoms with E-state index in [0.29, 0.717) is 0 Å². The van der Waals surface area contributed by atoms with Gasteiger partial charge in [0.2, 0.25) is 0 Å². The third-order valence-electron chi connectivity index (χ3n) is 1.83. The van der Waals surface area contributed by atoms with Gasteiger partial charge in [-0.15, -0.1) is 0 Å². The topological polar surface area (TPSA) is 9.23 Å². The lowest BCUT2D eigenvalue weighted by Crippen LogP contribution is -1.90. The number of para-hydroxylation sites is 1. The molecule has 2 aromatic rings. The molecule has 0 aliphatic heterocycles. The fourth-order valence-corrected chi connectivity index (χ4v) is 1.12. The third-order valence-corrected chi connectivity index (χ3v) is 1.83.